The van der Waals surface area contributed by atoms with Crippen LogP contribution in [0, 0.1) is 0 Å². The van der Waals surface area contributed by atoms with Crippen LogP contribution in [0.15, 0.2) is 24.3 Å². The summed E-state index contributed by atoms with van der Waals surface area (Å²) in [5, 5.41) is 0. The number of rotatable bonds is 2. The molecule has 0 amide bonds. The lowest BCUT2D eigenvalue weighted by atomic mass is 9.83. The molecule has 90 valence electrons. The highest BCUT2D eigenvalue weighted by molar-refractivity contribution is 5.79. The van der Waals surface area contributed by atoms with Gasteiger partial charge < -0.3 is 4.74 Å². The number of benzene rings is 1. The van der Waals surface area contributed by atoms with Gasteiger partial charge in [-0.25, -0.2) is 0 Å². The summed E-state index contributed by atoms with van der Waals surface area (Å²) in [7, 11) is 0. The van der Waals surface area contributed by atoms with Crippen LogP contribution < -0.4 is 4.74 Å². The maximum atomic E-state index is 11.2. The maximum Gasteiger partial charge on any atom is 0.308 e. The summed E-state index contributed by atoms with van der Waals surface area (Å²) < 4.78 is 5.20. The second-order valence-electron chi connectivity index (χ2n) is 4.44. The molecule has 2 rings (SSSR count). The van der Waals surface area contributed by atoms with Crippen molar-refractivity contribution < 1.29 is 14.3 Å². The Labute approximate surface area is 101 Å². The first kappa shape index (κ1) is 11.8. The van der Waals surface area contributed by atoms with Crippen molar-refractivity contribution in [3.8, 4) is 5.75 Å². The Morgan fingerprint density at radius 1 is 1.24 bits per heavy atom. The second kappa shape index (κ2) is 5.13. The van der Waals surface area contributed by atoms with Crippen LogP contribution >= 0.6 is 0 Å². The number of para-hydroxylation sites is 1. The molecule has 0 saturated heterocycles. The molecule has 1 aromatic rings. The van der Waals surface area contributed by atoms with Gasteiger partial charge in [0.2, 0.25) is 0 Å². The Morgan fingerprint density at radius 3 is 2.53 bits per heavy atom. The fourth-order valence-electron chi connectivity index (χ4n) is 2.32. The van der Waals surface area contributed by atoms with Crippen molar-refractivity contribution in [3.63, 3.8) is 0 Å². The number of ketones is 1. The molecule has 0 radical (unpaired) electrons. The number of Topliss-reactive ketones (excluding diaryl/α,β-unsaturated/α-hetero) is 1. The number of carbonyl (C=O) groups excluding carboxylic acids is 2. The van der Waals surface area contributed by atoms with Crippen LogP contribution in [0.1, 0.15) is 44.1 Å². The molecule has 1 fully saturated rings. The van der Waals surface area contributed by atoms with E-state index >= 15 is 0 Å². The minimum Gasteiger partial charge on any atom is -0.426 e. The molecule has 0 unspecified atom stereocenters. The van der Waals surface area contributed by atoms with Gasteiger partial charge in [0.1, 0.15) is 11.5 Å². The topological polar surface area (TPSA) is 43.4 Å². The molecule has 1 aliphatic carbocycles. The molecule has 1 saturated carbocycles. The van der Waals surface area contributed by atoms with E-state index in [1.165, 1.54) is 6.92 Å². The van der Waals surface area contributed by atoms with Crippen molar-refractivity contribution >= 4 is 11.8 Å². The minimum atomic E-state index is -0.302. The number of esters is 1. The van der Waals surface area contributed by atoms with E-state index in [2.05, 4.69) is 0 Å². The average Bonchev–Trinajstić information content (AvgIpc) is 2.30. The number of hydrogen-bond donors (Lipinski definition) is 0. The van der Waals surface area contributed by atoms with Crippen molar-refractivity contribution in [1.29, 1.82) is 0 Å². The Balaban J connectivity index is 2.19. The summed E-state index contributed by atoms with van der Waals surface area (Å²) in [6.07, 6.45) is 2.99. The molecule has 0 aromatic heterocycles. The quantitative estimate of drug-likeness (QED) is 0.581. The van der Waals surface area contributed by atoms with Crippen molar-refractivity contribution in [2.75, 3.05) is 0 Å². The molecule has 0 N–H and O–H groups in total. The highest BCUT2D eigenvalue weighted by Crippen LogP contribution is 2.36. The van der Waals surface area contributed by atoms with Crippen LogP contribution in [0.4, 0.5) is 0 Å². The normalized spacial score (nSPS) is 16.9. The Bertz CT molecular complexity index is 427. The zero-order valence-corrected chi connectivity index (χ0v) is 9.94. The zero-order chi connectivity index (χ0) is 12.3. The van der Waals surface area contributed by atoms with E-state index in [0.717, 1.165) is 18.4 Å². The van der Waals surface area contributed by atoms with E-state index in [-0.39, 0.29) is 5.97 Å². The molecule has 1 aromatic carbocycles. The lowest BCUT2D eigenvalue weighted by molar-refractivity contribution is -0.132. The van der Waals surface area contributed by atoms with Crippen molar-refractivity contribution in [2.24, 2.45) is 0 Å². The first-order chi connectivity index (χ1) is 8.16. The van der Waals surface area contributed by atoms with E-state index in [4.69, 9.17) is 4.74 Å². The minimum absolute atomic E-state index is 0.302. The van der Waals surface area contributed by atoms with Gasteiger partial charge in [0.05, 0.1) is 0 Å². The largest absolute Gasteiger partial charge is 0.426 e. The Hall–Kier alpha value is -1.64. The van der Waals surface area contributed by atoms with Gasteiger partial charge in [0.25, 0.3) is 0 Å². The molecule has 3 heteroatoms. The molecule has 1 aliphatic rings. The van der Waals surface area contributed by atoms with Crippen LogP contribution in [0.5, 0.6) is 5.75 Å². The number of ether oxygens (including phenoxy) is 1. The molecule has 17 heavy (non-hydrogen) atoms. The number of hydrogen-bond acceptors (Lipinski definition) is 3. The first-order valence-electron chi connectivity index (χ1n) is 5.96. The third-order valence-electron chi connectivity index (χ3n) is 3.16. The number of carbonyl (C=O) groups is 2. The van der Waals surface area contributed by atoms with Crippen molar-refractivity contribution in [1.82, 2.24) is 0 Å². The summed E-state index contributed by atoms with van der Waals surface area (Å²) >= 11 is 0. The molecular weight excluding hydrogens is 216 g/mol. The van der Waals surface area contributed by atoms with E-state index in [9.17, 15) is 9.59 Å². The van der Waals surface area contributed by atoms with Gasteiger partial charge in [-0.15, -0.1) is 0 Å². The van der Waals surface area contributed by atoms with E-state index < -0.39 is 0 Å². The summed E-state index contributed by atoms with van der Waals surface area (Å²) in [4.78, 5) is 22.2. The summed E-state index contributed by atoms with van der Waals surface area (Å²) in [5.41, 5.74) is 1.05. The standard InChI is InChI=1S/C14H16O3/c1-10(15)17-14-5-3-2-4-13(14)11-6-8-12(16)9-7-11/h2-5,11H,6-9H2,1H3. The Morgan fingerprint density at radius 2 is 1.88 bits per heavy atom. The lowest BCUT2D eigenvalue weighted by Gasteiger charge is -2.23. The highest BCUT2D eigenvalue weighted by Gasteiger charge is 2.22. The van der Waals surface area contributed by atoms with Gasteiger partial charge in [-0.1, -0.05) is 18.2 Å². The molecule has 3 nitrogen and oxygen atoms in total. The van der Waals surface area contributed by atoms with Gasteiger partial charge in [-0.05, 0) is 30.4 Å². The smallest absolute Gasteiger partial charge is 0.308 e. The molecule has 0 atom stereocenters. The van der Waals surface area contributed by atoms with E-state index in [1.54, 1.807) is 0 Å². The molecule has 0 aliphatic heterocycles. The SMILES string of the molecule is CC(=O)Oc1ccccc1C1CCC(=O)CC1. The third kappa shape index (κ3) is 2.93. The van der Waals surface area contributed by atoms with Crippen LogP contribution in [0.2, 0.25) is 0 Å². The first-order valence-corrected chi connectivity index (χ1v) is 5.96. The van der Waals surface area contributed by atoms with Crippen molar-refractivity contribution in [2.45, 2.75) is 38.5 Å². The van der Waals surface area contributed by atoms with E-state index in [1.807, 2.05) is 24.3 Å². The fourth-order valence-corrected chi connectivity index (χ4v) is 2.32. The molecule has 0 heterocycles. The predicted molar refractivity (Wildman–Crippen MR) is 64.0 cm³/mol. The lowest BCUT2D eigenvalue weighted by Crippen LogP contribution is -2.14. The fraction of sp³-hybridized carbons (Fsp3) is 0.429. The Kier molecular flexibility index (Phi) is 3.57. The summed E-state index contributed by atoms with van der Waals surface area (Å²) in [6.45, 7) is 1.40. The summed E-state index contributed by atoms with van der Waals surface area (Å²) in [5.74, 6) is 1.01. The van der Waals surface area contributed by atoms with Crippen molar-refractivity contribution in [3.05, 3.63) is 29.8 Å². The third-order valence-corrected chi connectivity index (χ3v) is 3.16. The molecule has 0 spiro atoms. The second-order valence-corrected chi connectivity index (χ2v) is 4.44. The zero-order valence-electron chi connectivity index (χ0n) is 9.94. The monoisotopic (exact) mass is 232 g/mol. The van der Waals surface area contributed by atoms with Gasteiger partial charge >= 0.3 is 5.97 Å². The summed E-state index contributed by atoms with van der Waals surface area (Å²) in [6, 6.07) is 7.60. The molecular formula is C14H16O3. The van der Waals surface area contributed by atoms with Gasteiger partial charge in [-0.3, -0.25) is 9.59 Å². The van der Waals surface area contributed by atoms with Gasteiger partial charge in [-0.2, -0.15) is 0 Å². The average molecular weight is 232 g/mol. The van der Waals surface area contributed by atoms with E-state index in [0.29, 0.717) is 30.3 Å². The van der Waals surface area contributed by atoms with Crippen LogP contribution in [-0.2, 0) is 9.59 Å². The van der Waals surface area contributed by atoms with Gasteiger partial charge in [0.15, 0.2) is 0 Å². The molecule has 0 bridgehead atoms. The maximum absolute atomic E-state index is 11.2. The van der Waals surface area contributed by atoms with Crippen LogP contribution in [-0.4, -0.2) is 11.8 Å². The van der Waals surface area contributed by atoms with Gasteiger partial charge in [0, 0.05) is 19.8 Å². The highest BCUT2D eigenvalue weighted by atomic mass is 16.5. The predicted octanol–water partition coefficient (Wildman–Crippen LogP) is 2.84. The van der Waals surface area contributed by atoms with Crippen LogP contribution in [0.3, 0.4) is 0 Å². The van der Waals surface area contributed by atoms with Crippen LogP contribution in [0.25, 0.3) is 0 Å².